The highest BCUT2D eigenvalue weighted by Crippen LogP contribution is 2.20. The topological polar surface area (TPSA) is 72.6 Å². The summed E-state index contributed by atoms with van der Waals surface area (Å²) in [5.41, 5.74) is 5.59. The van der Waals surface area contributed by atoms with Crippen LogP contribution in [0.3, 0.4) is 0 Å². The zero-order valence-electron chi connectivity index (χ0n) is 10.8. The smallest absolute Gasteiger partial charge is 0.242 e. The molecule has 19 heavy (non-hydrogen) atoms. The first kappa shape index (κ1) is 15.6. The van der Waals surface area contributed by atoms with E-state index in [0.717, 1.165) is 4.31 Å². The normalized spacial score (nSPS) is 12.8. The third-order valence-electron chi connectivity index (χ3n) is 2.42. The predicted molar refractivity (Wildman–Crippen MR) is 71.1 cm³/mol. The van der Waals surface area contributed by atoms with E-state index in [1.54, 1.807) is 12.1 Å². The number of benzene rings is 1. The number of hydrogen-bond acceptors (Lipinski definition) is 4. The summed E-state index contributed by atoms with van der Waals surface area (Å²) in [7, 11) is -0.618. The van der Waals surface area contributed by atoms with E-state index in [-0.39, 0.29) is 18.0 Å². The first-order valence-electron chi connectivity index (χ1n) is 5.55. The number of rotatable bonds is 6. The summed E-state index contributed by atoms with van der Waals surface area (Å²) in [6.07, 6.45) is 0.389. The molecule has 0 unspecified atom stereocenters. The van der Waals surface area contributed by atoms with Crippen molar-refractivity contribution in [3.63, 3.8) is 0 Å². The maximum absolute atomic E-state index is 12.3. The second-order valence-corrected chi connectivity index (χ2v) is 6.17. The zero-order chi connectivity index (χ0) is 14.5. The molecule has 1 rings (SSSR count). The molecule has 2 N–H and O–H groups in total. The number of hydrogen-bond donors (Lipinski definition) is 1. The molecule has 7 heteroatoms. The van der Waals surface area contributed by atoms with Gasteiger partial charge in [0.15, 0.2) is 0 Å². The molecule has 106 valence electrons. The highest BCUT2D eigenvalue weighted by molar-refractivity contribution is 7.89. The summed E-state index contributed by atoms with van der Waals surface area (Å²) in [5.74, 6) is 0.343. The molecule has 1 aromatic rings. The van der Waals surface area contributed by atoms with E-state index >= 15 is 0 Å². The SMILES string of the molecule is CN(C)S(=O)(=O)c1cccc(OCC(=CF)CN)c1. The van der Waals surface area contributed by atoms with Gasteiger partial charge in [-0.05, 0) is 12.1 Å². The van der Waals surface area contributed by atoms with E-state index in [9.17, 15) is 12.8 Å². The Morgan fingerprint density at radius 1 is 1.47 bits per heavy atom. The van der Waals surface area contributed by atoms with Gasteiger partial charge in [0.1, 0.15) is 12.4 Å². The molecule has 0 spiro atoms. The summed E-state index contributed by atoms with van der Waals surface area (Å²) in [6.45, 7) is 0.0324. The fourth-order valence-electron chi connectivity index (χ4n) is 1.25. The zero-order valence-corrected chi connectivity index (χ0v) is 11.7. The molecule has 0 aromatic heterocycles. The summed E-state index contributed by atoms with van der Waals surface area (Å²) in [5, 5.41) is 0. The van der Waals surface area contributed by atoms with Gasteiger partial charge in [-0.2, -0.15) is 0 Å². The van der Waals surface area contributed by atoms with Crippen LogP contribution in [0.15, 0.2) is 41.1 Å². The fraction of sp³-hybridized carbons (Fsp3) is 0.333. The fourth-order valence-corrected chi connectivity index (χ4v) is 2.18. The second-order valence-electron chi connectivity index (χ2n) is 4.02. The van der Waals surface area contributed by atoms with Crippen LogP contribution < -0.4 is 10.5 Å². The van der Waals surface area contributed by atoms with Gasteiger partial charge in [0.05, 0.1) is 11.2 Å². The van der Waals surface area contributed by atoms with Crippen molar-refractivity contribution >= 4 is 10.0 Å². The number of nitrogens with two attached hydrogens (primary N) is 1. The first-order valence-corrected chi connectivity index (χ1v) is 6.99. The van der Waals surface area contributed by atoms with Crippen LogP contribution in [0.2, 0.25) is 0 Å². The average Bonchev–Trinajstić information content (AvgIpc) is 2.40. The van der Waals surface area contributed by atoms with Crippen LogP contribution in [0.4, 0.5) is 4.39 Å². The van der Waals surface area contributed by atoms with Crippen molar-refractivity contribution in [2.75, 3.05) is 27.2 Å². The van der Waals surface area contributed by atoms with Gasteiger partial charge in [-0.25, -0.2) is 17.1 Å². The van der Waals surface area contributed by atoms with E-state index < -0.39 is 10.0 Å². The van der Waals surface area contributed by atoms with Crippen molar-refractivity contribution in [1.29, 1.82) is 0 Å². The van der Waals surface area contributed by atoms with Crippen LogP contribution in [0.5, 0.6) is 5.75 Å². The predicted octanol–water partition coefficient (Wildman–Crippen LogP) is 1.13. The van der Waals surface area contributed by atoms with Gasteiger partial charge < -0.3 is 10.5 Å². The molecular formula is C12H17FN2O3S. The molecule has 0 heterocycles. The van der Waals surface area contributed by atoms with Crippen molar-refractivity contribution in [2.45, 2.75) is 4.90 Å². The van der Waals surface area contributed by atoms with Crippen molar-refractivity contribution in [3.05, 3.63) is 36.2 Å². The minimum Gasteiger partial charge on any atom is -0.489 e. The maximum Gasteiger partial charge on any atom is 0.242 e. The molecule has 0 saturated heterocycles. The van der Waals surface area contributed by atoms with Crippen LogP contribution in [0.1, 0.15) is 0 Å². The van der Waals surface area contributed by atoms with Gasteiger partial charge >= 0.3 is 0 Å². The van der Waals surface area contributed by atoms with Crippen LogP contribution in [0, 0.1) is 0 Å². The lowest BCUT2D eigenvalue weighted by Crippen LogP contribution is -2.22. The van der Waals surface area contributed by atoms with Crippen LogP contribution in [-0.4, -0.2) is 40.0 Å². The Morgan fingerprint density at radius 3 is 2.68 bits per heavy atom. The molecule has 5 nitrogen and oxygen atoms in total. The lowest BCUT2D eigenvalue weighted by Gasteiger charge is -2.13. The van der Waals surface area contributed by atoms with Gasteiger partial charge in [0.2, 0.25) is 10.0 Å². The Bertz CT molecular complexity index is 556. The quantitative estimate of drug-likeness (QED) is 0.851. The second kappa shape index (κ2) is 6.65. The minimum absolute atomic E-state index is 0.0154. The van der Waals surface area contributed by atoms with Crippen LogP contribution in [0.25, 0.3) is 0 Å². The van der Waals surface area contributed by atoms with Gasteiger partial charge in [0, 0.05) is 32.3 Å². The van der Waals surface area contributed by atoms with Crippen molar-refractivity contribution in [3.8, 4) is 5.75 Å². The Hall–Kier alpha value is -1.44. The van der Waals surface area contributed by atoms with E-state index in [0.29, 0.717) is 17.7 Å². The third-order valence-corrected chi connectivity index (χ3v) is 4.24. The van der Waals surface area contributed by atoms with Crippen molar-refractivity contribution < 1.29 is 17.5 Å². The molecule has 0 bridgehead atoms. The molecule has 0 aliphatic carbocycles. The van der Waals surface area contributed by atoms with Crippen molar-refractivity contribution in [2.24, 2.45) is 5.73 Å². The highest BCUT2D eigenvalue weighted by atomic mass is 32.2. The lowest BCUT2D eigenvalue weighted by atomic mass is 10.3. The Kier molecular flexibility index (Phi) is 5.46. The number of halogens is 1. The van der Waals surface area contributed by atoms with E-state index in [2.05, 4.69) is 0 Å². The van der Waals surface area contributed by atoms with Gasteiger partial charge in [-0.1, -0.05) is 6.07 Å². The average molecular weight is 288 g/mol. The monoisotopic (exact) mass is 288 g/mol. The van der Waals surface area contributed by atoms with Gasteiger partial charge in [0.25, 0.3) is 0 Å². The molecule has 0 radical (unpaired) electrons. The molecular weight excluding hydrogens is 271 g/mol. The van der Waals surface area contributed by atoms with Crippen LogP contribution >= 0.6 is 0 Å². The highest BCUT2D eigenvalue weighted by Gasteiger charge is 2.17. The van der Waals surface area contributed by atoms with Crippen molar-refractivity contribution in [1.82, 2.24) is 4.31 Å². The molecule has 1 aromatic carbocycles. The first-order chi connectivity index (χ1) is 8.91. The van der Waals surface area contributed by atoms with E-state index in [1.807, 2.05) is 0 Å². The van der Waals surface area contributed by atoms with Crippen LogP contribution in [-0.2, 0) is 10.0 Å². The molecule has 0 aliphatic heterocycles. The van der Waals surface area contributed by atoms with E-state index in [4.69, 9.17) is 10.5 Å². The lowest BCUT2D eigenvalue weighted by molar-refractivity contribution is 0.346. The molecule has 0 aliphatic rings. The standard InChI is InChI=1S/C12H17FN2O3S/c1-15(2)19(16,17)12-5-3-4-11(6-12)18-9-10(7-13)8-14/h3-7H,8-9,14H2,1-2H3. The molecule has 0 saturated carbocycles. The minimum atomic E-state index is -3.51. The number of sulfonamides is 1. The summed E-state index contributed by atoms with van der Waals surface area (Å²) in [6, 6.07) is 6.02. The molecule has 0 atom stereocenters. The van der Waals surface area contributed by atoms with Gasteiger partial charge in [-0.3, -0.25) is 0 Å². The largest absolute Gasteiger partial charge is 0.489 e. The molecule has 0 amide bonds. The Balaban J connectivity index is 2.90. The maximum atomic E-state index is 12.3. The van der Waals surface area contributed by atoms with E-state index in [1.165, 1.54) is 26.2 Å². The van der Waals surface area contributed by atoms with Gasteiger partial charge in [-0.15, -0.1) is 0 Å². The summed E-state index contributed by atoms with van der Waals surface area (Å²) in [4.78, 5) is 0.119. The Morgan fingerprint density at radius 2 is 2.16 bits per heavy atom. The Labute approximate surface area is 112 Å². The third kappa shape index (κ3) is 4.02. The number of ether oxygens (including phenoxy) is 1. The summed E-state index contributed by atoms with van der Waals surface area (Å²) >= 11 is 0. The number of nitrogens with zero attached hydrogens (tertiary/aromatic N) is 1. The summed E-state index contributed by atoms with van der Waals surface area (Å²) < 4.78 is 42.5. The molecule has 0 fully saturated rings.